The van der Waals surface area contributed by atoms with E-state index >= 15 is 0 Å². The number of carbonyl (C=O) groups is 1. The Morgan fingerprint density at radius 3 is 2.61 bits per heavy atom. The molecule has 2 aliphatic rings. The highest BCUT2D eigenvalue weighted by Crippen LogP contribution is 2.26. The summed E-state index contributed by atoms with van der Waals surface area (Å²) in [6.45, 7) is 3.05. The number of amides is 1. The van der Waals surface area contributed by atoms with Crippen molar-refractivity contribution in [1.82, 2.24) is 20.1 Å². The van der Waals surface area contributed by atoms with Crippen molar-refractivity contribution in [3.63, 3.8) is 0 Å². The Balaban J connectivity index is 1.34. The van der Waals surface area contributed by atoms with Gasteiger partial charge in [-0.1, -0.05) is 6.07 Å². The Hall–Kier alpha value is -2.13. The van der Waals surface area contributed by atoms with E-state index in [0.717, 1.165) is 31.2 Å². The number of fused-ring (bicyclic) bond motifs is 1. The van der Waals surface area contributed by atoms with Crippen molar-refractivity contribution in [2.45, 2.75) is 50.9 Å². The summed E-state index contributed by atoms with van der Waals surface area (Å²) < 4.78 is 51.8. The zero-order chi connectivity index (χ0) is 22.2. The van der Waals surface area contributed by atoms with Crippen molar-refractivity contribution in [3.8, 4) is 0 Å². The molecule has 5 nitrogen and oxygen atoms in total. The fourth-order valence-electron chi connectivity index (χ4n) is 4.88. The Morgan fingerprint density at radius 1 is 1.19 bits per heavy atom. The minimum atomic E-state index is -4.16. The summed E-state index contributed by atoms with van der Waals surface area (Å²) in [6, 6.07) is 4.88. The van der Waals surface area contributed by atoms with Crippen LogP contribution in [0.4, 0.5) is 17.6 Å². The van der Waals surface area contributed by atoms with Gasteiger partial charge in [0.2, 0.25) is 0 Å². The Bertz CT molecular complexity index is 894. The fraction of sp³-hybridized carbons (Fsp3) is 0.591. The number of alkyl halides is 3. The van der Waals surface area contributed by atoms with Crippen LogP contribution in [0.1, 0.15) is 41.7 Å². The maximum absolute atomic E-state index is 14.1. The molecule has 31 heavy (non-hydrogen) atoms. The number of aromatic nitrogens is 1. The molecule has 1 aromatic heterocycles. The number of carbonyl (C=O) groups excluding carboxylic acids is 1. The highest BCUT2D eigenvalue weighted by atomic mass is 19.4. The molecule has 1 saturated carbocycles. The van der Waals surface area contributed by atoms with Crippen molar-refractivity contribution in [1.29, 1.82) is 0 Å². The summed E-state index contributed by atoms with van der Waals surface area (Å²) in [5.41, 5.74) is 1.84. The van der Waals surface area contributed by atoms with Gasteiger partial charge in [-0.2, -0.15) is 13.2 Å². The molecule has 1 amide bonds. The zero-order valence-corrected chi connectivity index (χ0v) is 17.6. The Morgan fingerprint density at radius 2 is 1.94 bits per heavy atom. The summed E-state index contributed by atoms with van der Waals surface area (Å²) in [4.78, 5) is 19.5. The first-order valence-electron chi connectivity index (χ1n) is 10.8. The third-order valence-electron chi connectivity index (χ3n) is 6.50. The fourth-order valence-corrected chi connectivity index (χ4v) is 4.88. The van der Waals surface area contributed by atoms with E-state index < -0.39 is 12.7 Å². The number of benzene rings is 1. The van der Waals surface area contributed by atoms with Gasteiger partial charge in [-0.3, -0.25) is 14.6 Å². The van der Waals surface area contributed by atoms with Gasteiger partial charge < -0.3 is 10.3 Å². The van der Waals surface area contributed by atoms with Gasteiger partial charge in [0, 0.05) is 43.6 Å². The number of nitrogens with one attached hydrogen (secondary N) is 2. The molecular formula is C22H28F4N4O. The molecule has 170 valence electrons. The van der Waals surface area contributed by atoms with Gasteiger partial charge >= 0.3 is 6.18 Å². The molecule has 9 heteroatoms. The summed E-state index contributed by atoms with van der Waals surface area (Å²) in [7, 11) is 0. The van der Waals surface area contributed by atoms with Crippen LogP contribution < -0.4 is 5.32 Å². The van der Waals surface area contributed by atoms with Gasteiger partial charge in [-0.05, 0) is 50.3 Å². The van der Waals surface area contributed by atoms with Crippen molar-refractivity contribution in [3.05, 3.63) is 35.3 Å². The van der Waals surface area contributed by atoms with Gasteiger partial charge in [0.1, 0.15) is 11.5 Å². The van der Waals surface area contributed by atoms with Crippen LogP contribution in [-0.4, -0.2) is 71.7 Å². The largest absolute Gasteiger partial charge is 0.401 e. The lowest BCUT2D eigenvalue weighted by atomic mass is 9.89. The van der Waals surface area contributed by atoms with E-state index in [2.05, 4.69) is 15.2 Å². The van der Waals surface area contributed by atoms with Gasteiger partial charge in [0.05, 0.1) is 12.1 Å². The lowest BCUT2D eigenvalue weighted by molar-refractivity contribution is -0.150. The number of aromatic amines is 1. The van der Waals surface area contributed by atoms with E-state index in [-0.39, 0.29) is 23.8 Å². The van der Waals surface area contributed by atoms with Gasteiger partial charge in [0.15, 0.2) is 0 Å². The van der Waals surface area contributed by atoms with Crippen LogP contribution >= 0.6 is 0 Å². The SMILES string of the molecule is Cc1ccc(F)c2cc(C(=O)N[C@@H]3CCC[C@@H](N4CCN(CC(F)(F)F)CC4)C3)[nH]c12. The highest BCUT2D eigenvalue weighted by molar-refractivity contribution is 5.99. The molecule has 0 radical (unpaired) electrons. The summed E-state index contributed by atoms with van der Waals surface area (Å²) >= 11 is 0. The standard InChI is InChI=1S/C22H28F4N4O/c1-14-5-6-18(23)17-12-19(28-20(14)17)21(31)27-15-3-2-4-16(11-15)30-9-7-29(8-10-30)13-22(24,25)26/h5-6,12,15-16,28H,2-4,7-11,13H2,1H3,(H,27,31)/t15-,16-/m1/s1. The van der Waals surface area contributed by atoms with Crippen molar-refractivity contribution in [2.24, 2.45) is 0 Å². The van der Waals surface area contributed by atoms with E-state index in [1.165, 1.54) is 11.0 Å². The third kappa shape index (κ3) is 5.20. The molecule has 1 aliphatic heterocycles. The number of piperazine rings is 1. The highest BCUT2D eigenvalue weighted by Gasteiger charge is 2.34. The van der Waals surface area contributed by atoms with Crippen molar-refractivity contribution in [2.75, 3.05) is 32.7 Å². The molecule has 2 fully saturated rings. The molecule has 1 saturated heterocycles. The number of aryl methyl sites for hydroxylation is 1. The van der Waals surface area contributed by atoms with Crippen molar-refractivity contribution < 1.29 is 22.4 Å². The van der Waals surface area contributed by atoms with Crippen LogP contribution in [0.15, 0.2) is 18.2 Å². The maximum Gasteiger partial charge on any atom is 0.401 e. The monoisotopic (exact) mass is 440 g/mol. The lowest BCUT2D eigenvalue weighted by Crippen LogP contribution is -2.54. The minimum Gasteiger partial charge on any atom is -0.350 e. The first kappa shape index (κ1) is 22.1. The van der Waals surface area contributed by atoms with E-state index in [9.17, 15) is 22.4 Å². The Kier molecular flexibility index (Phi) is 6.25. The van der Waals surface area contributed by atoms with Crippen LogP contribution in [0, 0.1) is 12.7 Å². The predicted molar refractivity (Wildman–Crippen MR) is 111 cm³/mol. The lowest BCUT2D eigenvalue weighted by Gasteiger charge is -2.42. The first-order chi connectivity index (χ1) is 14.7. The van der Waals surface area contributed by atoms with E-state index in [0.29, 0.717) is 42.8 Å². The summed E-state index contributed by atoms with van der Waals surface area (Å²) in [5, 5.41) is 3.47. The zero-order valence-electron chi connectivity index (χ0n) is 17.6. The number of halogens is 4. The summed E-state index contributed by atoms with van der Waals surface area (Å²) in [5.74, 6) is -0.617. The molecule has 2 atom stereocenters. The third-order valence-corrected chi connectivity index (χ3v) is 6.50. The molecule has 0 unspecified atom stereocenters. The molecule has 1 aliphatic carbocycles. The topological polar surface area (TPSA) is 51.4 Å². The van der Waals surface area contributed by atoms with Gasteiger partial charge in [-0.15, -0.1) is 0 Å². The molecule has 4 rings (SSSR count). The molecular weight excluding hydrogens is 412 g/mol. The first-order valence-corrected chi connectivity index (χ1v) is 10.8. The Labute approximate surface area is 178 Å². The minimum absolute atomic E-state index is 0.00295. The molecule has 0 bridgehead atoms. The van der Waals surface area contributed by atoms with Crippen LogP contribution in [0.5, 0.6) is 0 Å². The van der Waals surface area contributed by atoms with E-state index in [1.54, 1.807) is 12.1 Å². The van der Waals surface area contributed by atoms with Crippen molar-refractivity contribution >= 4 is 16.8 Å². The number of hydrogen-bond donors (Lipinski definition) is 2. The van der Waals surface area contributed by atoms with Gasteiger partial charge in [0.25, 0.3) is 5.91 Å². The number of hydrogen-bond acceptors (Lipinski definition) is 3. The molecule has 0 spiro atoms. The maximum atomic E-state index is 14.1. The number of rotatable bonds is 4. The summed E-state index contributed by atoms with van der Waals surface area (Å²) in [6.07, 6.45) is -0.573. The number of H-pyrrole nitrogens is 1. The quantitative estimate of drug-likeness (QED) is 0.711. The second kappa shape index (κ2) is 8.78. The molecule has 2 aromatic rings. The second-order valence-corrected chi connectivity index (χ2v) is 8.75. The molecule has 2 N–H and O–H groups in total. The van der Waals surface area contributed by atoms with E-state index in [4.69, 9.17) is 0 Å². The van der Waals surface area contributed by atoms with E-state index in [1.807, 2.05) is 6.92 Å². The predicted octanol–water partition coefficient (Wildman–Crippen LogP) is 3.84. The average molecular weight is 440 g/mol. The molecule has 2 heterocycles. The average Bonchev–Trinajstić information content (AvgIpc) is 3.18. The number of nitrogens with zero attached hydrogens (tertiary/aromatic N) is 2. The van der Waals surface area contributed by atoms with Gasteiger partial charge in [-0.25, -0.2) is 4.39 Å². The normalized spacial score (nSPS) is 23.9. The van der Waals surface area contributed by atoms with Crippen LogP contribution in [0.2, 0.25) is 0 Å². The van der Waals surface area contributed by atoms with Crippen LogP contribution in [0.25, 0.3) is 10.9 Å². The van der Waals surface area contributed by atoms with Crippen LogP contribution in [-0.2, 0) is 0 Å². The second-order valence-electron chi connectivity index (χ2n) is 8.75. The van der Waals surface area contributed by atoms with Crippen LogP contribution in [0.3, 0.4) is 0 Å². The smallest absolute Gasteiger partial charge is 0.350 e. The molecule has 1 aromatic carbocycles.